The van der Waals surface area contributed by atoms with Crippen LogP contribution in [-0.2, 0) is 4.79 Å². The lowest BCUT2D eigenvalue weighted by atomic mass is 10.0. The molecule has 3 heterocycles. The first kappa shape index (κ1) is 16.6. The van der Waals surface area contributed by atoms with Gasteiger partial charge in [0.15, 0.2) is 0 Å². The number of nitrogens with one attached hydrogen (secondary N) is 1. The summed E-state index contributed by atoms with van der Waals surface area (Å²) in [6, 6.07) is 8.06. The van der Waals surface area contributed by atoms with Gasteiger partial charge in [0, 0.05) is 12.7 Å². The number of hydrogen-bond donors (Lipinski definition) is 1. The molecule has 1 aliphatic heterocycles. The summed E-state index contributed by atoms with van der Waals surface area (Å²) in [6.07, 6.45) is 4.64. The third-order valence-electron chi connectivity index (χ3n) is 4.14. The summed E-state index contributed by atoms with van der Waals surface area (Å²) in [5, 5.41) is 11.7. The third kappa shape index (κ3) is 3.48. The van der Waals surface area contributed by atoms with E-state index in [4.69, 9.17) is 5.26 Å². The standard InChI is InChI=1S/C18H17N5O2/c1-12-13(10-19)6-7-15(21-12)17(24)22-16-5-3-9-23(18(16)25)14-4-2-8-20-11-14/h2,4,6-8,11,16H,3,5,9H2,1H3,(H,22,24). The molecule has 1 aliphatic rings. The van der Waals surface area contributed by atoms with Crippen LogP contribution in [0, 0.1) is 18.3 Å². The fourth-order valence-corrected chi connectivity index (χ4v) is 2.82. The second-order valence-electron chi connectivity index (χ2n) is 5.81. The maximum atomic E-state index is 12.7. The molecule has 126 valence electrons. The van der Waals surface area contributed by atoms with Crippen LogP contribution in [0.25, 0.3) is 0 Å². The summed E-state index contributed by atoms with van der Waals surface area (Å²) >= 11 is 0. The highest BCUT2D eigenvalue weighted by Crippen LogP contribution is 2.20. The van der Waals surface area contributed by atoms with E-state index in [1.54, 1.807) is 36.4 Å². The number of carbonyl (C=O) groups is 2. The highest BCUT2D eigenvalue weighted by Gasteiger charge is 2.31. The smallest absolute Gasteiger partial charge is 0.270 e. The molecule has 0 saturated carbocycles. The second kappa shape index (κ2) is 7.09. The van der Waals surface area contributed by atoms with Gasteiger partial charge in [-0.1, -0.05) is 0 Å². The van der Waals surface area contributed by atoms with Gasteiger partial charge in [0.25, 0.3) is 5.91 Å². The predicted octanol–water partition coefficient (Wildman–Crippen LogP) is 1.58. The Kier molecular flexibility index (Phi) is 4.70. The van der Waals surface area contributed by atoms with Crippen LogP contribution in [0.15, 0.2) is 36.7 Å². The lowest BCUT2D eigenvalue weighted by Gasteiger charge is -2.32. The Morgan fingerprint density at radius 2 is 2.24 bits per heavy atom. The summed E-state index contributed by atoms with van der Waals surface area (Å²) in [5.74, 6) is -0.572. The zero-order valence-corrected chi connectivity index (χ0v) is 13.8. The van der Waals surface area contributed by atoms with E-state index >= 15 is 0 Å². The number of aryl methyl sites for hydroxylation is 1. The van der Waals surface area contributed by atoms with E-state index < -0.39 is 11.9 Å². The molecule has 2 aromatic heterocycles. The average Bonchev–Trinajstić information content (AvgIpc) is 2.64. The molecule has 0 bridgehead atoms. The molecule has 1 saturated heterocycles. The van der Waals surface area contributed by atoms with Crippen molar-refractivity contribution >= 4 is 17.5 Å². The number of pyridine rings is 2. The van der Waals surface area contributed by atoms with Crippen molar-refractivity contribution in [3.63, 3.8) is 0 Å². The van der Waals surface area contributed by atoms with Gasteiger partial charge in [-0.05, 0) is 44.0 Å². The van der Waals surface area contributed by atoms with E-state index in [1.807, 2.05) is 12.1 Å². The number of anilines is 1. The summed E-state index contributed by atoms with van der Waals surface area (Å²) < 4.78 is 0. The molecule has 2 amide bonds. The zero-order valence-electron chi connectivity index (χ0n) is 13.8. The van der Waals surface area contributed by atoms with Crippen molar-refractivity contribution in [1.82, 2.24) is 15.3 Å². The molecular formula is C18H17N5O2. The summed E-state index contributed by atoms with van der Waals surface area (Å²) in [6.45, 7) is 2.27. The topological polar surface area (TPSA) is 99.0 Å². The van der Waals surface area contributed by atoms with Crippen molar-refractivity contribution in [2.75, 3.05) is 11.4 Å². The molecule has 0 spiro atoms. The van der Waals surface area contributed by atoms with Crippen molar-refractivity contribution in [2.24, 2.45) is 0 Å². The SMILES string of the molecule is Cc1nc(C(=O)NC2CCCN(c3cccnc3)C2=O)ccc1C#N. The van der Waals surface area contributed by atoms with Crippen LogP contribution in [0.1, 0.15) is 34.6 Å². The fourth-order valence-electron chi connectivity index (χ4n) is 2.82. The first-order valence-corrected chi connectivity index (χ1v) is 8.00. The van der Waals surface area contributed by atoms with Crippen LogP contribution in [0.3, 0.4) is 0 Å². The van der Waals surface area contributed by atoms with Crippen molar-refractivity contribution < 1.29 is 9.59 Å². The van der Waals surface area contributed by atoms with Gasteiger partial charge >= 0.3 is 0 Å². The molecule has 2 aromatic rings. The molecule has 1 fully saturated rings. The summed E-state index contributed by atoms with van der Waals surface area (Å²) in [7, 11) is 0. The van der Waals surface area contributed by atoms with E-state index in [9.17, 15) is 9.59 Å². The van der Waals surface area contributed by atoms with Gasteiger partial charge < -0.3 is 10.2 Å². The Hall–Kier alpha value is -3.27. The molecule has 0 aliphatic carbocycles. The Bertz CT molecular complexity index is 844. The Morgan fingerprint density at radius 1 is 1.40 bits per heavy atom. The average molecular weight is 335 g/mol. The molecule has 1 unspecified atom stereocenters. The van der Waals surface area contributed by atoms with Crippen molar-refractivity contribution in [3.05, 3.63) is 53.6 Å². The molecule has 1 N–H and O–H groups in total. The van der Waals surface area contributed by atoms with Gasteiger partial charge in [-0.3, -0.25) is 14.6 Å². The maximum absolute atomic E-state index is 12.7. The molecule has 0 radical (unpaired) electrons. The molecular weight excluding hydrogens is 318 g/mol. The molecule has 3 rings (SSSR count). The zero-order chi connectivity index (χ0) is 17.8. The number of nitrogens with zero attached hydrogens (tertiary/aromatic N) is 4. The predicted molar refractivity (Wildman–Crippen MR) is 90.8 cm³/mol. The first-order valence-electron chi connectivity index (χ1n) is 8.00. The number of hydrogen-bond acceptors (Lipinski definition) is 5. The van der Waals surface area contributed by atoms with Crippen molar-refractivity contribution in [2.45, 2.75) is 25.8 Å². The van der Waals surface area contributed by atoms with Gasteiger partial charge in [-0.15, -0.1) is 0 Å². The van der Waals surface area contributed by atoms with Crippen molar-refractivity contribution in [3.8, 4) is 6.07 Å². The lowest BCUT2D eigenvalue weighted by Crippen LogP contribution is -2.52. The van der Waals surface area contributed by atoms with Crippen LogP contribution in [0.2, 0.25) is 0 Å². The van der Waals surface area contributed by atoms with Crippen LogP contribution in [-0.4, -0.2) is 34.4 Å². The number of carbonyl (C=O) groups excluding carboxylic acids is 2. The molecule has 7 nitrogen and oxygen atoms in total. The summed E-state index contributed by atoms with van der Waals surface area (Å²) in [4.78, 5) is 34.9. The lowest BCUT2D eigenvalue weighted by molar-refractivity contribution is -0.121. The molecule has 7 heteroatoms. The largest absolute Gasteiger partial charge is 0.339 e. The number of amides is 2. The van der Waals surface area contributed by atoms with E-state index in [1.165, 1.54) is 6.07 Å². The highest BCUT2D eigenvalue weighted by molar-refractivity contribution is 6.02. The minimum atomic E-state index is -0.598. The normalized spacial score (nSPS) is 17.0. The van der Waals surface area contributed by atoms with E-state index in [2.05, 4.69) is 15.3 Å². The number of piperidine rings is 1. The highest BCUT2D eigenvalue weighted by atomic mass is 16.2. The fraction of sp³-hybridized carbons (Fsp3) is 0.278. The van der Waals surface area contributed by atoms with Gasteiger partial charge in [0.1, 0.15) is 17.8 Å². The van der Waals surface area contributed by atoms with Crippen LogP contribution in [0.4, 0.5) is 5.69 Å². The Balaban J connectivity index is 1.74. The van der Waals surface area contributed by atoms with Crippen LogP contribution in [0.5, 0.6) is 0 Å². The molecule has 25 heavy (non-hydrogen) atoms. The minimum absolute atomic E-state index is 0.155. The van der Waals surface area contributed by atoms with E-state index in [-0.39, 0.29) is 11.6 Å². The molecule has 1 atom stereocenters. The quantitative estimate of drug-likeness (QED) is 0.918. The van der Waals surface area contributed by atoms with E-state index in [0.717, 1.165) is 12.1 Å². The minimum Gasteiger partial charge on any atom is -0.339 e. The van der Waals surface area contributed by atoms with Crippen molar-refractivity contribution in [1.29, 1.82) is 5.26 Å². The van der Waals surface area contributed by atoms with Crippen LogP contribution >= 0.6 is 0 Å². The monoisotopic (exact) mass is 335 g/mol. The maximum Gasteiger partial charge on any atom is 0.270 e. The van der Waals surface area contributed by atoms with Gasteiger partial charge in [0.2, 0.25) is 5.91 Å². The number of rotatable bonds is 3. The third-order valence-corrected chi connectivity index (χ3v) is 4.14. The van der Waals surface area contributed by atoms with Gasteiger partial charge in [-0.2, -0.15) is 5.26 Å². The Labute approximate surface area is 145 Å². The second-order valence-corrected chi connectivity index (χ2v) is 5.81. The van der Waals surface area contributed by atoms with E-state index in [0.29, 0.717) is 24.2 Å². The Morgan fingerprint density at radius 3 is 2.92 bits per heavy atom. The first-order chi connectivity index (χ1) is 12.1. The summed E-state index contributed by atoms with van der Waals surface area (Å²) in [5.41, 5.74) is 1.83. The molecule has 0 aromatic carbocycles. The number of nitriles is 1. The number of aromatic nitrogens is 2. The van der Waals surface area contributed by atoms with Gasteiger partial charge in [0.05, 0.1) is 23.1 Å². The van der Waals surface area contributed by atoms with Gasteiger partial charge in [-0.25, -0.2) is 4.98 Å². The van der Waals surface area contributed by atoms with Crippen LogP contribution < -0.4 is 10.2 Å².